The first-order valence-electron chi connectivity index (χ1n) is 5.27. The van der Waals surface area contributed by atoms with Crippen LogP contribution in [0, 0.1) is 0 Å². The molecule has 0 bridgehead atoms. The average molecular weight is 208 g/mol. The summed E-state index contributed by atoms with van der Waals surface area (Å²) in [5.41, 5.74) is 0. The molecular formula is C10H22ClNO. The van der Waals surface area contributed by atoms with E-state index in [1.54, 1.807) is 0 Å². The number of rotatable bonds is 4. The number of aliphatic hydroxyl groups is 1. The van der Waals surface area contributed by atoms with Crippen molar-refractivity contribution in [3.05, 3.63) is 0 Å². The molecule has 0 heterocycles. The molecule has 1 saturated carbocycles. The summed E-state index contributed by atoms with van der Waals surface area (Å²) in [5.74, 6) is 0. The van der Waals surface area contributed by atoms with Crippen molar-refractivity contribution in [2.24, 2.45) is 0 Å². The van der Waals surface area contributed by atoms with E-state index in [1.807, 2.05) is 0 Å². The first-order valence-corrected chi connectivity index (χ1v) is 5.27. The highest BCUT2D eigenvalue weighted by Crippen LogP contribution is 2.16. The molecule has 0 radical (unpaired) electrons. The molecule has 2 nitrogen and oxygen atoms in total. The van der Waals surface area contributed by atoms with E-state index >= 15 is 0 Å². The van der Waals surface area contributed by atoms with E-state index in [4.69, 9.17) is 5.11 Å². The van der Waals surface area contributed by atoms with Crippen LogP contribution in [0.2, 0.25) is 0 Å². The monoisotopic (exact) mass is 207 g/mol. The van der Waals surface area contributed by atoms with Gasteiger partial charge in [-0.25, -0.2) is 0 Å². The van der Waals surface area contributed by atoms with Crippen LogP contribution < -0.4 is 5.32 Å². The molecule has 2 N–H and O–H groups in total. The number of hydrogen-bond donors (Lipinski definition) is 2. The summed E-state index contributed by atoms with van der Waals surface area (Å²) in [6.45, 7) is 1.31. The topological polar surface area (TPSA) is 32.3 Å². The molecule has 1 aliphatic rings. The van der Waals surface area contributed by atoms with Crippen molar-refractivity contribution in [2.45, 2.75) is 51.0 Å². The van der Waals surface area contributed by atoms with Crippen LogP contribution in [-0.4, -0.2) is 24.3 Å². The summed E-state index contributed by atoms with van der Waals surface area (Å²) < 4.78 is 0. The van der Waals surface area contributed by atoms with E-state index in [1.165, 1.54) is 38.5 Å². The summed E-state index contributed by atoms with van der Waals surface area (Å²) in [4.78, 5) is 0. The second-order valence-corrected chi connectivity index (χ2v) is 3.72. The maximum Gasteiger partial charge on any atom is 0.0443 e. The highest BCUT2D eigenvalue weighted by atomic mass is 35.5. The van der Waals surface area contributed by atoms with Crippen LogP contribution in [0.1, 0.15) is 44.9 Å². The molecule has 1 fully saturated rings. The van der Waals surface area contributed by atoms with Crippen molar-refractivity contribution in [1.82, 2.24) is 5.32 Å². The van der Waals surface area contributed by atoms with E-state index in [9.17, 15) is 0 Å². The Kier molecular flexibility index (Phi) is 8.93. The third-order valence-electron chi connectivity index (χ3n) is 2.62. The van der Waals surface area contributed by atoms with Gasteiger partial charge in [-0.3, -0.25) is 0 Å². The lowest BCUT2D eigenvalue weighted by Crippen LogP contribution is -2.29. The van der Waals surface area contributed by atoms with Gasteiger partial charge in [-0.15, -0.1) is 12.4 Å². The zero-order valence-corrected chi connectivity index (χ0v) is 9.11. The highest BCUT2D eigenvalue weighted by Gasteiger charge is 2.10. The van der Waals surface area contributed by atoms with Gasteiger partial charge in [0.2, 0.25) is 0 Å². The zero-order valence-electron chi connectivity index (χ0n) is 8.30. The molecular weight excluding hydrogens is 186 g/mol. The van der Waals surface area contributed by atoms with Crippen molar-refractivity contribution in [1.29, 1.82) is 0 Å². The van der Waals surface area contributed by atoms with Crippen LogP contribution in [0.5, 0.6) is 0 Å². The van der Waals surface area contributed by atoms with Gasteiger partial charge in [0, 0.05) is 12.6 Å². The maximum atomic E-state index is 8.61. The van der Waals surface area contributed by atoms with Crippen LogP contribution in [0.3, 0.4) is 0 Å². The minimum atomic E-state index is 0. The van der Waals surface area contributed by atoms with Gasteiger partial charge >= 0.3 is 0 Å². The third-order valence-corrected chi connectivity index (χ3v) is 2.62. The molecule has 0 aromatic heterocycles. The van der Waals surface area contributed by atoms with Gasteiger partial charge in [0.25, 0.3) is 0 Å². The lowest BCUT2D eigenvalue weighted by atomic mass is 10.1. The summed E-state index contributed by atoms with van der Waals surface area (Å²) in [5, 5.41) is 12.1. The van der Waals surface area contributed by atoms with Gasteiger partial charge < -0.3 is 10.4 Å². The Morgan fingerprint density at radius 1 is 1.08 bits per heavy atom. The van der Waals surface area contributed by atoms with Crippen LogP contribution >= 0.6 is 12.4 Å². The van der Waals surface area contributed by atoms with Crippen LogP contribution in [-0.2, 0) is 0 Å². The smallest absolute Gasteiger partial charge is 0.0443 e. The zero-order chi connectivity index (χ0) is 8.65. The normalized spacial score (nSPS) is 19.2. The van der Waals surface area contributed by atoms with Gasteiger partial charge in [-0.2, -0.15) is 0 Å². The maximum absolute atomic E-state index is 8.61. The van der Waals surface area contributed by atoms with E-state index < -0.39 is 0 Å². The van der Waals surface area contributed by atoms with E-state index in [0.29, 0.717) is 6.61 Å². The second kappa shape index (κ2) is 8.79. The molecule has 1 rings (SSSR count). The Morgan fingerprint density at radius 2 is 1.69 bits per heavy atom. The van der Waals surface area contributed by atoms with Crippen molar-refractivity contribution >= 4 is 12.4 Å². The van der Waals surface area contributed by atoms with Crippen LogP contribution in [0.4, 0.5) is 0 Å². The Labute approximate surface area is 87.5 Å². The van der Waals surface area contributed by atoms with Crippen molar-refractivity contribution in [3.63, 3.8) is 0 Å². The molecule has 0 unspecified atom stereocenters. The largest absolute Gasteiger partial charge is 0.396 e. The summed E-state index contributed by atoms with van der Waals surface area (Å²) in [6.07, 6.45) is 9.18. The Bertz CT molecular complexity index is 103. The quantitative estimate of drug-likeness (QED) is 0.547. The lowest BCUT2D eigenvalue weighted by molar-refractivity contribution is 0.281. The van der Waals surface area contributed by atoms with Gasteiger partial charge in [0.15, 0.2) is 0 Å². The Hall–Kier alpha value is 0.210. The summed E-state index contributed by atoms with van der Waals surface area (Å²) in [7, 11) is 0. The van der Waals surface area contributed by atoms with E-state index in [-0.39, 0.29) is 12.4 Å². The van der Waals surface area contributed by atoms with Gasteiger partial charge in [-0.1, -0.05) is 25.7 Å². The number of nitrogens with one attached hydrogen (secondary N) is 1. The molecule has 3 heteroatoms. The third kappa shape index (κ3) is 6.30. The minimum Gasteiger partial charge on any atom is -0.396 e. The fourth-order valence-electron chi connectivity index (χ4n) is 1.87. The fourth-order valence-corrected chi connectivity index (χ4v) is 1.87. The highest BCUT2D eigenvalue weighted by molar-refractivity contribution is 5.85. The molecule has 0 aliphatic heterocycles. The van der Waals surface area contributed by atoms with Gasteiger partial charge in [0.05, 0.1) is 0 Å². The first-order chi connectivity index (χ1) is 5.93. The van der Waals surface area contributed by atoms with Crippen molar-refractivity contribution in [2.75, 3.05) is 13.2 Å². The predicted octanol–water partition coefficient (Wildman–Crippen LogP) is 2.10. The van der Waals surface area contributed by atoms with Gasteiger partial charge in [0.1, 0.15) is 0 Å². The van der Waals surface area contributed by atoms with Gasteiger partial charge in [-0.05, 0) is 25.8 Å². The SMILES string of the molecule is Cl.OCCCNC1CCCCCC1. The molecule has 13 heavy (non-hydrogen) atoms. The Balaban J connectivity index is 0.00000144. The molecule has 80 valence electrons. The standard InChI is InChI=1S/C10H21NO.ClH/c12-9-5-8-11-10-6-3-1-2-4-7-10;/h10-12H,1-9H2;1H. The number of hydrogen-bond acceptors (Lipinski definition) is 2. The lowest BCUT2D eigenvalue weighted by Gasteiger charge is -2.15. The second-order valence-electron chi connectivity index (χ2n) is 3.72. The summed E-state index contributed by atoms with van der Waals surface area (Å²) >= 11 is 0. The molecule has 0 atom stereocenters. The van der Waals surface area contributed by atoms with E-state index in [2.05, 4.69) is 5.32 Å². The minimum absolute atomic E-state index is 0. The average Bonchev–Trinajstić information content (AvgIpc) is 2.33. The number of halogens is 1. The molecule has 0 saturated heterocycles. The van der Waals surface area contributed by atoms with Crippen molar-refractivity contribution < 1.29 is 5.11 Å². The van der Waals surface area contributed by atoms with Crippen LogP contribution in [0.25, 0.3) is 0 Å². The molecule has 0 spiro atoms. The number of aliphatic hydroxyl groups excluding tert-OH is 1. The molecule has 0 aromatic carbocycles. The van der Waals surface area contributed by atoms with Crippen molar-refractivity contribution in [3.8, 4) is 0 Å². The molecule has 0 amide bonds. The fraction of sp³-hybridized carbons (Fsp3) is 1.00. The molecule has 1 aliphatic carbocycles. The van der Waals surface area contributed by atoms with E-state index in [0.717, 1.165) is 19.0 Å². The molecule has 0 aromatic rings. The predicted molar refractivity (Wildman–Crippen MR) is 58.4 cm³/mol. The summed E-state index contributed by atoms with van der Waals surface area (Å²) in [6, 6.07) is 0.735. The first kappa shape index (κ1) is 13.2. The van der Waals surface area contributed by atoms with Crippen LogP contribution in [0.15, 0.2) is 0 Å². The Morgan fingerprint density at radius 3 is 2.23 bits per heavy atom.